The molecule has 11 nitrogen and oxygen atoms in total. The molecule has 2 aliphatic heterocycles. The molecule has 2 heterocycles. The number of Topliss-reactive ketones (excluding diaryl/α,β-unsaturated/α-hetero) is 2. The van der Waals surface area contributed by atoms with Gasteiger partial charge in [-0.1, -0.05) is 24.3 Å². The largest absolute Gasteiger partial charge is 0.421 e. The predicted octanol–water partition coefficient (Wildman–Crippen LogP) is 0.321. The number of allylic oxidation sites excluding steroid dienone is 2. The molecule has 0 fully saturated rings. The fourth-order valence-electron chi connectivity index (χ4n) is 3.86. The van der Waals surface area contributed by atoms with Gasteiger partial charge in [0, 0.05) is 11.1 Å². The van der Waals surface area contributed by atoms with Gasteiger partial charge in [0.15, 0.2) is 0 Å². The van der Waals surface area contributed by atoms with Gasteiger partial charge in [-0.25, -0.2) is 9.69 Å². The second kappa shape index (κ2) is 9.15. The quantitative estimate of drug-likeness (QED) is 0.357. The van der Waals surface area contributed by atoms with Crippen LogP contribution in [0.1, 0.15) is 27.1 Å². The van der Waals surface area contributed by atoms with Crippen molar-refractivity contribution in [2.75, 3.05) is 23.0 Å². The Morgan fingerprint density at radius 3 is 1.82 bits per heavy atom. The SMILES string of the molecule is O=C1/C(=C2/C(=O)c3ccccc3N2C(=O)OC(O)CO)N(C(=O)CC(O)CO)c2ccccc21. The number of fused-ring (bicyclic) bond motifs is 2. The first-order chi connectivity index (χ1) is 16.3. The molecular formula is C23H20N2O9. The topological polar surface area (TPSA) is 165 Å². The number of nitrogens with zero attached hydrogens (tertiary/aromatic N) is 2. The molecule has 2 aromatic rings. The Labute approximate surface area is 192 Å². The maximum atomic E-state index is 13.4. The van der Waals surface area contributed by atoms with E-state index in [0.29, 0.717) is 0 Å². The molecule has 2 aromatic carbocycles. The molecule has 0 radical (unpaired) electrons. The van der Waals surface area contributed by atoms with Gasteiger partial charge in [0.1, 0.15) is 18.0 Å². The van der Waals surface area contributed by atoms with Crippen molar-refractivity contribution >= 4 is 34.9 Å². The van der Waals surface area contributed by atoms with Crippen LogP contribution in [0.4, 0.5) is 16.2 Å². The minimum Gasteiger partial charge on any atom is -0.417 e. The van der Waals surface area contributed by atoms with E-state index >= 15 is 0 Å². The Bertz CT molecular complexity index is 1130. The molecule has 0 aliphatic carbocycles. The smallest absolute Gasteiger partial charge is 0.417 e. The number of hydrogen-bond donors (Lipinski definition) is 4. The lowest BCUT2D eigenvalue weighted by Gasteiger charge is -2.25. The van der Waals surface area contributed by atoms with Crippen molar-refractivity contribution in [1.29, 1.82) is 0 Å². The average molecular weight is 468 g/mol. The van der Waals surface area contributed by atoms with E-state index in [1.165, 1.54) is 30.3 Å². The van der Waals surface area contributed by atoms with Gasteiger partial charge >= 0.3 is 6.09 Å². The summed E-state index contributed by atoms with van der Waals surface area (Å²) in [7, 11) is 0. The molecule has 0 spiro atoms. The molecule has 0 aromatic heterocycles. The summed E-state index contributed by atoms with van der Waals surface area (Å²) in [5, 5.41) is 37.6. The van der Waals surface area contributed by atoms with Gasteiger partial charge in [0.05, 0.1) is 30.5 Å². The summed E-state index contributed by atoms with van der Waals surface area (Å²) < 4.78 is 4.79. The summed E-state index contributed by atoms with van der Waals surface area (Å²) in [6.07, 6.45) is -5.13. The zero-order valence-electron chi connectivity index (χ0n) is 17.6. The summed E-state index contributed by atoms with van der Waals surface area (Å²) in [6, 6.07) is 12.0. The lowest BCUT2D eigenvalue weighted by Crippen LogP contribution is -2.39. The molecule has 4 rings (SSSR count). The molecule has 4 N–H and O–H groups in total. The van der Waals surface area contributed by atoms with Crippen LogP contribution in [0.5, 0.6) is 0 Å². The Balaban J connectivity index is 1.93. The van der Waals surface area contributed by atoms with Gasteiger partial charge in [0.25, 0.3) is 0 Å². The number of aliphatic hydroxyl groups excluding tert-OH is 4. The highest BCUT2D eigenvalue weighted by atomic mass is 16.7. The van der Waals surface area contributed by atoms with Crippen LogP contribution in [0, 0.1) is 0 Å². The molecule has 0 saturated heterocycles. The molecular weight excluding hydrogens is 448 g/mol. The van der Waals surface area contributed by atoms with E-state index in [1.807, 2.05) is 0 Å². The maximum Gasteiger partial charge on any atom is 0.421 e. The molecule has 0 bridgehead atoms. The molecule has 2 unspecified atom stereocenters. The number of rotatable bonds is 5. The van der Waals surface area contributed by atoms with Crippen molar-refractivity contribution in [3.8, 4) is 0 Å². The number of carbonyl (C=O) groups is 4. The number of ketones is 2. The van der Waals surface area contributed by atoms with Gasteiger partial charge in [-0.3, -0.25) is 19.3 Å². The van der Waals surface area contributed by atoms with Gasteiger partial charge in [0.2, 0.25) is 23.8 Å². The monoisotopic (exact) mass is 468 g/mol. The van der Waals surface area contributed by atoms with Crippen LogP contribution in [0.2, 0.25) is 0 Å². The number of benzene rings is 2. The van der Waals surface area contributed by atoms with E-state index in [9.17, 15) is 29.4 Å². The number of anilines is 2. The fraction of sp³-hybridized carbons (Fsp3) is 0.217. The molecule has 2 aliphatic rings. The van der Waals surface area contributed by atoms with Crippen molar-refractivity contribution in [2.24, 2.45) is 0 Å². The first kappa shape index (κ1) is 23.3. The predicted molar refractivity (Wildman–Crippen MR) is 116 cm³/mol. The normalized spacial score (nSPS) is 18.6. The minimum absolute atomic E-state index is 0.0481. The maximum absolute atomic E-state index is 13.4. The first-order valence-corrected chi connectivity index (χ1v) is 10.2. The Morgan fingerprint density at radius 1 is 0.794 bits per heavy atom. The number of carbonyl (C=O) groups excluding carboxylic acids is 4. The van der Waals surface area contributed by atoms with Gasteiger partial charge < -0.3 is 25.2 Å². The number of ether oxygens (including phenoxy) is 1. The van der Waals surface area contributed by atoms with Crippen molar-refractivity contribution < 1.29 is 44.3 Å². The van der Waals surface area contributed by atoms with Crippen LogP contribution in [-0.4, -0.2) is 69.6 Å². The summed E-state index contributed by atoms with van der Waals surface area (Å²) in [5.74, 6) is -2.27. The van der Waals surface area contributed by atoms with Crippen LogP contribution >= 0.6 is 0 Å². The van der Waals surface area contributed by atoms with Crippen LogP contribution in [0.25, 0.3) is 0 Å². The van der Waals surface area contributed by atoms with E-state index < -0.39 is 67.0 Å². The highest BCUT2D eigenvalue weighted by Crippen LogP contribution is 2.43. The number of aliphatic hydroxyl groups is 4. The summed E-state index contributed by atoms with van der Waals surface area (Å²) >= 11 is 0. The summed E-state index contributed by atoms with van der Waals surface area (Å²) in [4.78, 5) is 54.6. The Morgan fingerprint density at radius 2 is 1.29 bits per heavy atom. The van der Waals surface area contributed by atoms with E-state index in [2.05, 4.69) is 0 Å². The molecule has 0 saturated carbocycles. The lowest BCUT2D eigenvalue weighted by atomic mass is 10.1. The molecule has 2 amide bonds. The van der Waals surface area contributed by atoms with Crippen molar-refractivity contribution in [1.82, 2.24) is 0 Å². The van der Waals surface area contributed by atoms with Gasteiger partial charge in [-0.2, -0.15) is 0 Å². The third kappa shape index (κ3) is 3.76. The molecule has 176 valence electrons. The highest BCUT2D eigenvalue weighted by molar-refractivity contribution is 6.33. The van der Waals surface area contributed by atoms with Crippen molar-refractivity contribution in [3.63, 3.8) is 0 Å². The van der Waals surface area contributed by atoms with E-state index in [1.54, 1.807) is 18.2 Å². The minimum atomic E-state index is -1.89. The molecule has 34 heavy (non-hydrogen) atoms. The Kier molecular flexibility index (Phi) is 6.26. The van der Waals surface area contributed by atoms with E-state index in [4.69, 9.17) is 14.9 Å². The fourth-order valence-corrected chi connectivity index (χ4v) is 3.86. The van der Waals surface area contributed by atoms with Crippen LogP contribution in [0.3, 0.4) is 0 Å². The highest BCUT2D eigenvalue weighted by Gasteiger charge is 2.47. The third-order valence-electron chi connectivity index (χ3n) is 5.33. The Hall–Kier alpha value is -3.90. The van der Waals surface area contributed by atoms with Gasteiger partial charge in [-0.05, 0) is 24.3 Å². The zero-order chi connectivity index (χ0) is 24.6. The third-order valence-corrected chi connectivity index (χ3v) is 5.33. The lowest BCUT2D eigenvalue weighted by molar-refractivity contribution is -0.120. The number of amides is 2. The first-order valence-electron chi connectivity index (χ1n) is 10.2. The molecule has 2 atom stereocenters. The van der Waals surface area contributed by atoms with Crippen molar-refractivity contribution in [2.45, 2.75) is 18.8 Å². The average Bonchev–Trinajstić information content (AvgIpc) is 3.30. The summed E-state index contributed by atoms with van der Waals surface area (Å²) in [5.41, 5.74) is -0.594. The number of hydrogen-bond acceptors (Lipinski definition) is 9. The van der Waals surface area contributed by atoms with Crippen molar-refractivity contribution in [3.05, 3.63) is 71.1 Å². The number of para-hydroxylation sites is 2. The van der Waals surface area contributed by atoms with Crippen LogP contribution in [-0.2, 0) is 9.53 Å². The van der Waals surface area contributed by atoms with Gasteiger partial charge in [-0.15, -0.1) is 0 Å². The second-order valence-corrected chi connectivity index (χ2v) is 7.52. The zero-order valence-corrected chi connectivity index (χ0v) is 17.6. The van der Waals surface area contributed by atoms with E-state index in [0.717, 1.165) is 9.80 Å². The summed E-state index contributed by atoms with van der Waals surface area (Å²) in [6.45, 7) is -1.61. The molecule has 11 heteroatoms. The van der Waals surface area contributed by atoms with Crippen LogP contribution < -0.4 is 9.80 Å². The van der Waals surface area contributed by atoms with Crippen LogP contribution in [0.15, 0.2) is 59.9 Å². The standard InChI is InChI=1S/C23H20N2O9/c26-10-12(28)9-17(29)24-15-7-3-1-5-13(15)21(31)19(24)20-22(32)14-6-2-4-8-16(14)25(20)23(33)34-18(30)11-27/h1-8,12,18,26-28,30H,9-11H2/b20-19+. The second-order valence-electron chi connectivity index (χ2n) is 7.52. The van der Waals surface area contributed by atoms with E-state index in [-0.39, 0.29) is 22.5 Å².